The third kappa shape index (κ3) is 5.16. The highest BCUT2D eigenvalue weighted by atomic mass is 16.5. The second-order valence-electron chi connectivity index (χ2n) is 4.93. The zero-order chi connectivity index (χ0) is 17.5. The van der Waals surface area contributed by atoms with Crippen LogP contribution in [0, 0.1) is 6.92 Å². The van der Waals surface area contributed by atoms with Crippen molar-refractivity contribution in [2.24, 2.45) is 0 Å². The van der Waals surface area contributed by atoms with Crippen LogP contribution in [0.1, 0.15) is 23.1 Å². The fraction of sp³-hybridized carbons (Fsp3) is 0.188. The number of esters is 1. The number of carbonyl (C=O) groups excluding carboxylic acids is 3. The van der Waals surface area contributed by atoms with Crippen molar-refractivity contribution in [1.82, 2.24) is 9.97 Å². The third-order valence-corrected chi connectivity index (χ3v) is 2.81. The van der Waals surface area contributed by atoms with Gasteiger partial charge in [-0.3, -0.25) is 14.6 Å². The molecular weight excluding hydrogens is 312 g/mol. The number of benzene rings is 1. The lowest BCUT2D eigenvalue weighted by Gasteiger charge is -2.07. The van der Waals surface area contributed by atoms with Crippen molar-refractivity contribution in [3.63, 3.8) is 0 Å². The zero-order valence-electron chi connectivity index (χ0n) is 13.2. The molecule has 0 bridgehead atoms. The van der Waals surface area contributed by atoms with Gasteiger partial charge >= 0.3 is 5.97 Å². The number of hydrogen-bond donors (Lipinski definition) is 2. The largest absolute Gasteiger partial charge is 0.451 e. The number of hydrogen-bond acceptors (Lipinski definition) is 6. The van der Waals surface area contributed by atoms with Crippen LogP contribution >= 0.6 is 0 Å². The van der Waals surface area contributed by atoms with Crippen LogP contribution in [0.3, 0.4) is 0 Å². The number of nitrogens with one attached hydrogen (secondary N) is 2. The molecule has 2 N–H and O–H groups in total. The lowest BCUT2D eigenvalue weighted by Crippen LogP contribution is -2.21. The molecule has 0 radical (unpaired) electrons. The molecule has 0 atom stereocenters. The van der Waals surface area contributed by atoms with Crippen LogP contribution in [0.4, 0.5) is 11.4 Å². The molecule has 0 unspecified atom stereocenters. The molecule has 0 aliphatic rings. The molecule has 0 saturated heterocycles. The molecule has 0 aliphatic carbocycles. The van der Waals surface area contributed by atoms with Gasteiger partial charge in [-0.2, -0.15) is 0 Å². The van der Waals surface area contributed by atoms with Gasteiger partial charge in [-0.05, 0) is 31.2 Å². The average molecular weight is 328 g/mol. The fourth-order valence-corrected chi connectivity index (χ4v) is 1.74. The molecule has 2 amide bonds. The van der Waals surface area contributed by atoms with Crippen molar-refractivity contribution in [2.75, 3.05) is 17.2 Å². The van der Waals surface area contributed by atoms with Crippen molar-refractivity contribution in [2.45, 2.75) is 13.8 Å². The summed E-state index contributed by atoms with van der Waals surface area (Å²) < 4.78 is 4.87. The van der Waals surface area contributed by atoms with Crippen LogP contribution in [0.2, 0.25) is 0 Å². The molecule has 0 aliphatic heterocycles. The molecule has 8 heteroatoms. The number of aryl methyl sites for hydroxylation is 1. The van der Waals surface area contributed by atoms with E-state index in [4.69, 9.17) is 4.74 Å². The minimum Gasteiger partial charge on any atom is -0.451 e. The van der Waals surface area contributed by atoms with Crippen molar-refractivity contribution in [3.05, 3.63) is 48.0 Å². The number of ether oxygens (including phenoxy) is 1. The number of nitrogens with zero attached hydrogens (tertiary/aromatic N) is 2. The van der Waals surface area contributed by atoms with Crippen LogP contribution in [-0.4, -0.2) is 34.4 Å². The number of anilines is 2. The summed E-state index contributed by atoms with van der Waals surface area (Å²) >= 11 is 0. The summed E-state index contributed by atoms with van der Waals surface area (Å²) in [5.41, 5.74) is 1.84. The Morgan fingerprint density at radius 3 is 2.17 bits per heavy atom. The first-order chi connectivity index (χ1) is 11.4. The van der Waals surface area contributed by atoms with E-state index >= 15 is 0 Å². The molecule has 1 aromatic heterocycles. The Kier molecular flexibility index (Phi) is 5.56. The van der Waals surface area contributed by atoms with E-state index in [9.17, 15) is 14.4 Å². The third-order valence-electron chi connectivity index (χ3n) is 2.81. The van der Waals surface area contributed by atoms with E-state index in [1.54, 1.807) is 31.2 Å². The monoisotopic (exact) mass is 328 g/mol. The van der Waals surface area contributed by atoms with Gasteiger partial charge in [-0.25, -0.2) is 9.78 Å². The molecule has 0 fully saturated rings. The van der Waals surface area contributed by atoms with Crippen molar-refractivity contribution < 1.29 is 19.1 Å². The first-order valence-electron chi connectivity index (χ1n) is 7.07. The highest BCUT2D eigenvalue weighted by Crippen LogP contribution is 2.13. The minimum absolute atomic E-state index is 0.0352. The maximum absolute atomic E-state index is 11.8. The van der Waals surface area contributed by atoms with E-state index in [0.717, 1.165) is 0 Å². The molecule has 0 spiro atoms. The Bertz CT molecular complexity index is 742. The lowest BCUT2D eigenvalue weighted by molar-refractivity contribution is -0.119. The predicted octanol–water partition coefficient (Wildman–Crippen LogP) is 1.54. The molecule has 2 aromatic rings. The van der Waals surface area contributed by atoms with Gasteiger partial charge in [-0.15, -0.1) is 0 Å². The maximum Gasteiger partial charge on any atom is 0.359 e. The smallest absolute Gasteiger partial charge is 0.359 e. The topological polar surface area (TPSA) is 110 Å². The van der Waals surface area contributed by atoms with E-state index in [0.29, 0.717) is 17.1 Å². The number of aromatic nitrogens is 2. The molecule has 8 nitrogen and oxygen atoms in total. The van der Waals surface area contributed by atoms with Gasteiger partial charge in [0.2, 0.25) is 5.91 Å². The summed E-state index contributed by atoms with van der Waals surface area (Å²) in [6, 6.07) is 6.53. The Morgan fingerprint density at radius 2 is 1.62 bits per heavy atom. The second-order valence-corrected chi connectivity index (χ2v) is 4.93. The number of rotatable bonds is 5. The summed E-state index contributed by atoms with van der Waals surface area (Å²) in [5, 5.41) is 5.19. The van der Waals surface area contributed by atoms with Crippen LogP contribution in [0.5, 0.6) is 0 Å². The van der Waals surface area contributed by atoms with Gasteiger partial charge < -0.3 is 15.4 Å². The molecule has 1 heterocycles. The summed E-state index contributed by atoms with van der Waals surface area (Å²) in [7, 11) is 0. The molecule has 124 valence electrons. The predicted molar refractivity (Wildman–Crippen MR) is 86.4 cm³/mol. The van der Waals surface area contributed by atoms with Crippen LogP contribution in [-0.2, 0) is 14.3 Å². The number of carbonyl (C=O) groups is 3. The normalized spacial score (nSPS) is 9.92. The quantitative estimate of drug-likeness (QED) is 0.806. The van der Waals surface area contributed by atoms with Crippen LogP contribution in [0.25, 0.3) is 0 Å². The van der Waals surface area contributed by atoms with E-state index in [1.807, 2.05) is 0 Å². The van der Waals surface area contributed by atoms with Crippen LogP contribution < -0.4 is 10.6 Å². The second kappa shape index (κ2) is 7.82. The molecule has 2 rings (SSSR count). The fourth-order valence-electron chi connectivity index (χ4n) is 1.74. The average Bonchev–Trinajstić information content (AvgIpc) is 2.54. The van der Waals surface area contributed by atoms with Crippen molar-refractivity contribution in [3.8, 4) is 0 Å². The SMILES string of the molecule is CC(=O)Nc1ccc(NC(=O)COC(=O)c2cnc(C)cn2)cc1. The Morgan fingerprint density at radius 1 is 1.00 bits per heavy atom. The van der Waals surface area contributed by atoms with Gasteiger partial charge in [0, 0.05) is 24.5 Å². The minimum atomic E-state index is -0.723. The first-order valence-corrected chi connectivity index (χ1v) is 7.07. The standard InChI is InChI=1S/C16H16N4O4/c1-10-7-18-14(8-17-10)16(23)24-9-15(22)20-13-5-3-12(4-6-13)19-11(2)21/h3-8H,9H2,1-2H3,(H,19,21)(H,20,22). The summed E-state index contributed by atoms with van der Waals surface area (Å²) in [6.45, 7) is 2.71. The van der Waals surface area contributed by atoms with E-state index in [1.165, 1.54) is 19.3 Å². The highest BCUT2D eigenvalue weighted by Gasteiger charge is 2.12. The van der Waals surface area contributed by atoms with Gasteiger partial charge in [0.05, 0.1) is 11.9 Å². The Labute approximate surface area is 138 Å². The highest BCUT2D eigenvalue weighted by molar-refractivity contribution is 5.95. The van der Waals surface area contributed by atoms with Gasteiger partial charge in [0.1, 0.15) is 0 Å². The Balaban J connectivity index is 1.83. The molecular formula is C16H16N4O4. The Hall–Kier alpha value is -3.29. The lowest BCUT2D eigenvalue weighted by atomic mass is 10.2. The van der Waals surface area contributed by atoms with Crippen molar-refractivity contribution >= 4 is 29.2 Å². The number of amides is 2. The van der Waals surface area contributed by atoms with E-state index < -0.39 is 18.5 Å². The zero-order valence-corrected chi connectivity index (χ0v) is 13.2. The van der Waals surface area contributed by atoms with Crippen molar-refractivity contribution in [1.29, 1.82) is 0 Å². The summed E-state index contributed by atoms with van der Waals surface area (Å²) in [6.07, 6.45) is 2.73. The van der Waals surface area contributed by atoms with E-state index in [-0.39, 0.29) is 11.6 Å². The summed E-state index contributed by atoms with van der Waals surface area (Å²) in [5.74, 6) is -1.40. The summed E-state index contributed by atoms with van der Waals surface area (Å²) in [4.78, 5) is 42.2. The van der Waals surface area contributed by atoms with Gasteiger partial charge in [0.25, 0.3) is 5.91 Å². The molecule has 24 heavy (non-hydrogen) atoms. The first kappa shape index (κ1) is 17.1. The van der Waals surface area contributed by atoms with Gasteiger partial charge in [-0.1, -0.05) is 0 Å². The van der Waals surface area contributed by atoms with E-state index in [2.05, 4.69) is 20.6 Å². The van der Waals surface area contributed by atoms with Crippen LogP contribution in [0.15, 0.2) is 36.7 Å². The molecule has 0 saturated carbocycles. The maximum atomic E-state index is 11.8. The van der Waals surface area contributed by atoms with Gasteiger partial charge in [0.15, 0.2) is 12.3 Å². The molecule has 1 aromatic carbocycles.